The molecule has 0 amide bonds. The van der Waals surface area contributed by atoms with Crippen LogP contribution in [-0.2, 0) is 4.74 Å². The number of hydrogen-bond acceptors (Lipinski definition) is 7. The maximum atomic E-state index is 12.8. The number of aromatic hydroxyl groups is 1. The Bertz CT molecular complexity index is 775. The number of Topliss-reactive ketones (excluding diaryl/α,β-unsaturated/α-hetero) is 2. The molecule has 3 aliphatic rings. The number of phenolic OH excluding ortho intramolecular Hbond substituents is 1. The molecule has 0 bridgehead atoms. The van der Waals surface area contributed by atoms with Gasteiger partial charge in [-0.05, 0) is 6.92 Å². The molecule has 1 atom stereocenters. The monoisotopic (exact) mass is 304 g/mol. The lowest BCUT2D eigenvalue weighted by molar-refractivity contribution is 0.0956. The lowest BCUT2D eigenvalue weighted by atomic mass is 9.82. The van der Waals surface area contributed by atoms with Gasteiger partial charge in [-0.25, -0.2) is 0 Å². The molecule has 1 N–H and O–H groups in total. The van der Waals surface area contributed by atoms with Crippen molar-refractivity contribution in [2.24, 2.45) is 0 Å². The van der Waals surface area contributed by atoms with E-state index in [-0.39, 0.29) is 53.1 Å². The fourth-order valence-corrected chi connectivity index (χ4v) is 3.12. The molecule has 2 aliphatic heterocycles. The summed E-state index contributed by atoms with van der Waals surface area (Å²) in [6, 6.07) is 0. The summed E-state index contributed by atoms with van der Waals surface area (Å²) in [4.78, 5) is 25.5. The zero-order valence-electron chi connectivity index (χ0n) is 11.9. The number of ketones is 2. The van der Waals surface area contributed by atoms with Gasteiger partial charge in [0.05, 0.1) is 30.9 Å². The highest BCUT2D eigenvalue weighted by Crippen LogP contribution is 2.54. The van der Waals surface area contributed by atoms with E-state index in [4.69, 9.17) is 18.9 Å². The van der Waals surface area contributed by atoms with Gasteiger partial charge in [-0.3, -0.25) is 9.59 Å². The second-order valence-electron chi connectivity index (χ2n) is 5.20. The summed E-state index contributed by atoms with van der Waals surface area (Å²) < 4.78 is 21.1. The van der Waals surface area contributed by atoms with Crippen LogP contribution in [0.2, 0.25) is 0 Å². The predicted molar refractivity (Wildman–Crippen MR) is 71.9 cm³/mol. The highest BCUT2D eigenvalue weighted by molar-refractivity contribution is 6.30. The first-order valence-corrected chi connectivity index (χ1v) is 6.72. The first-order valence-electron chi connectivity index (χ1n) is 6.72. The van der Waals surface area contributed by atoms with E-state index in [9.17, 15) is 14.7 Å². The summed E-state index contributed by atoms with van der Waals surface area (Å²) in [6.45, 7) is 1.64. The van der Waals surface area contributed by atoms with Crippen molar-refractivity contribution in [3.63, 3.8) is 0 Å². The molecule has 0 unspecified atom stereocenters. The third-order valence-corrected chi connectivity index (χ3v) is 4.13. The molecule has 1 aromatic carbocycles. The van der Waals surface area contributed by atoms with Gasteiger partial charge in [-0.15, -0.1) is 0 Å². The van der Waals surface area contributed by atoms with Crippen molar-refractivity contribution in [1.82, 2.24) is 0 Å². The van der Waals surface area contributed by atoms with E-state index >= 15 is 0 Å². The minimum Gasteiger partial charge on any atom is -0.504 e. The average molecular weight is 304 g/mol. The van der Waals surface area contributed by atoms with Crippen LogP contribution in [-0.4, -0.2) is 43.3 Å². The Morgan fingerprint density at radius 3 is 2.59 bits per heavy atom. The zero-order valence-corrected chi connectivity index (χ0v) is 11.9. The van der Waals surface area contributed by atoms with Gasteiger partial charge in [0.15, 0.2) is 23.1 Å². The predicted octanol–water partition coefficient (Wildman–Crippen LogP) is 1.22. The van der Waals surface area contributed by atoms with Crippen LogP contribution in [0.15, 0.2) is 11.1 Å². The first kappa shape index (κ1) is 13.1. The van der Waals surface area contributed by atoms with E-state index in [1.54, 1.807) is 6.92 Å². The number of ether oxygens (including phenoxy) is 4. The van der Waals surface area contributed by atoms with E-state index in [0.717, 1.165) is 0 Å². The topological polar surface area (TPSA) is 91.3 Å². The smallest absolute Gasteiger partial charge is 0.231 e. The number of carbonyl (C=O) groups is 2. The van der Waals surface area contributed by atoms with Crippen molar-refractivity contribution in [2.45, 2.75) is 13.0 Å². The van der Waals surface area contributed by atoms with Gasteiger partial charge in [0.1, 0.15) is 0 Å². The summed E-state index contributed by atoms with van der Waals surface area (Å²) in [6.07, 6.45) is -0.475. The number of methoxy groups -OCH3 is 1. The maximum Gasteiger partial charge on any atom is 0.231 e. The fraction of sp³-hybridized carbons (Fsp3) is 0.333. The molecule has 0 saturated heterocycles. The van der Waals surface area contributed by atoms with Crippen LogP contribution in [0, 0.1) is 0 Å². The molecule has 2 heterocycles. The van der Waals surface area contributed by atoms with Crippen LogP contribution in [0.25, 0.3) is 0 Å². The van der Waals surface area contributed by atoms with E-state index in [0.29, 0.717) is 5.57 Å². The van der Waals surface area contributed by atoms with Gasteiger partial charge in [0.2, 0.25) is 18.3 Å². The van der Waals surface area contributed by atoms with Crippen molar-refractivity contribution in [3.05, 3.63) is 22.3 Å². The van der Waals surface area contributed by atoms with Crippen molar-refractivity contribution in [3.8, 4) is 23.0 Å². The van der Waals surface area contributed by atoms with Crippen molar-refractivity contribution < 1.29 is 33.6 Å². The Labute approximate surface area is 125 Å². The third-order valence-electron chi connectivity index (χ3n) is 4.13. The SMILES string of the molecule is COc1c2c(c(O)c3c1C(=O)C1=C(CO[C@H]1C)C3=O)OCO2. The average Bonchev–Trinajstić information content (AvgIpc) is 3.12. The molecule has 7 nitrogen and oxygen atoms in total. The van der Waals surface area contributed by atoms with Crippen LogP contribution in [0.4, 0.5) is 0 Å². The van der Waals surface area contributed by atoms with Gasteiger partial charge in [-0.2, -0.15) is 0 Å². The number of benzene rings is 1. The minimum atomic E-state index is -0.475. The molecule has 1 aliphatic carbocycles. The Balaban J connectivity index is 2.07. The van der Waals surface area contributed by atoms with E-state index in [1.807, 2.05) is 0 Å². The molecule has 0 fully saturated rings. The molecule has 0 aromatic heterocycles. The standard InChI is InChI=1S/C15H12O7/c1-5-7-6(3-20-5)10(16)8-9(11(7)17)13(19-2)15-14(12(8)18)21-4-22-15/h5,18H,3-4H2,1-2H3/t5-/m0/s1. The Hall–Kier alpha value is -2.54. The third kappa shape index (κ3) is 1.38. The van der Waals surface area contributed by atoms with Crippen molar-refractivity contribution in [1.29, 1.82) is 0 Å². The fourth-order valence-electron chi connectivity index (χ4n) is 3.12. The van der Waals surface area contributed by atoms with Gasteiger partial charge in [0, 0.05) is 11.1 Å². The van der Waals surface area contributed by atoms with E-state index in [1.165, 1.54) is 7.11 Å². The zero-order chi connectivity index (χ0) is 15.6. The molecular formula is C15H12O7. The van der Waals surface area contributed by atoms with Crippen LogP contribution in [0.5, 0.6) is 23.0 Å². The summed E-state index contributed by atoms with van der Waals surface area (Å²) in [5.41, 5.74) is 0.489. The number of carbonyl (C=O) groups excluding carboxylic acids is 2. The lowest BCUT2D eigenvalue weighted by Crippen LogP contribution is -2.24. The Morgan fingerprint density at radius 2 is 1.86 bits per heavy atom. The number of fused-ring (bicyclic) bond motifs is 2. The molecule has 4 rings (SSSR count). The van der Waals surface area contributed by atoms with E-state index in [2.05, 4.69) is 0 Å². The van der Waals surface area contributed by atoms with Gasteiger partial charge in [0.25, 0.3) is 0 Å². The summed E-state index contributed by atoms with van der Waals surface area (Å²) in [7, 11) is 1.37. The second-order valence-corrected chi connectivity index (χ2v) is 5.20. The van der Waals surface area contributed by atoms with Gasteiger partial charge in [-0.1, -0.05) is 0 Å². The highest BCUT2D eigenvalue weighted by Gasteiger charge is 2.45. The first-order chi connectivity index (χ1) is 10.6. The molecule has 7 heteroatoms. The molecule has 0 radical (unpaired) electrons. The summed E-state index contributed by atoms with van der Waals surface area (Å²) in [5, 5.41) is 10.4. The number of phenols is 1. The molecule has 1 aromatic rings. The summed E-state index contributed by atoms with van der Waals surface area (Å²) >= 11 is 0. The minimum absolute atomic E-state index is 0.00495. The Morgan fingerprint density at radius 1 is 1.14 bits per heavy atom. The lowest BCUT2D eigenvalue weighted by Gasteiger charge is -2.21. The molecule has 114 valence electrons. The maximum absolute atomic E-state index is 12.8. The van der Waals surface area contributed by atoms with Crippen LogP contribution in [0.1, 0.15) is 27.6 Å². The highest BCUT2D eigenvalue weighted by atomic mass is 16.7. The normalized spacial score (nSPS) is 22.0. The van der Waals surface area contributed by atoms with Crippen LogP contribution < -0.4 is 14.2 Å². The molecule has 0 spiro atoms. The quantitative estimate of drug-likeness (QED) is 0.834. The number of hydrogen-bond donors (Lipinski definition) is 1. The largest absolute Gasteiger partial charge is 0.504 e. The van der Waals surface area contributed by atoms with Gasteiger partial charge >= 0.3 is 0 Å². The van der Waals surface area contributed by atoms with Crippen molar-refractivity contribution in [2.75, 3.05) is 20.5 Å². The number of rotatable bonds is 1. The second kappa shape index (κ2) is 4.23. The van der Waals surface area contributed by atoms with Crippen LogP contribution in [0.3, 0.4) is 0 Å². The van der Waals surface area contributed by atoms with Crippen LogP contribution >= 0.6 is 0 Å². The Kier molecular flexibility index (Phi) is 2.53. The van der Waals surface area contributed by atoms with Gasteiger partial charge < -0.3 is 24.1 Å². The molecule has 22 heavy (non-hydrogen) atoms. The summed E-state index contributed by atoms with van der Waals surface area (Å²) in [5.74, 6) is -0.969. The van der Waals surface area contributed by atoms with Crippen molar-refractivity contribution >= 4 is 11.6 Å². The molecular weight excluding hydrogens is 292 g/mol. The van der Waals surface area contributed by atoms with E-state index < -0.39 is 17.6 Å². The molecule has 0 saturated carbocycles.